The smallest absolute Gasteiger partial charge is 0.224 e. The molecule has 3 nitrogen and oxygen atoms in total. The normalized spacial score (nSPS) is 16.2. The Morgan fingerprint density at radius 3 is 2.69 bits per heavy atom. The van der Waals surface area contributed by atoms with Crippen LogP contribution in [0.15, 0.2) is 24.5 Å². The predicted molar refractivity (Wildman–Crippen MR) is 62.8 cm³/mol. The summed E-state index contributed by atoms with van der Waals surface area (Å²) in [6.07, 6.45) is 10.6. The Labute approximate surface area is 96.3 Å². The highest BCUT2D eigenvalue weighted by Gasteiger charge is 2.16. The molecule has 0 bridgehead atoms. The molecule has 0 aliphatic heterocycles. The standard InChI is InChI=1S/C13H18N2O/c16-13(6-5-11-3-1-2-4-11)15-12-7-9-14-10-8-12/h7-11H,1-6H2,(H,14,15,16)/p+1. The molecule has 0 radical (unpaired) electrons. The molecular weight excluding hydrogens is 200 g/mol. The highest BCUT2D eigenvalue weighted by atomic mass is 16.1. The van der Waals surface area contributed by atoms with Crippen LogP contribution < -0.4 is 10.3 Å². The lowest BCUT2D eigenvalue weighted by molar-refractivity contribution is -0.377. The van der Waals surface area contributed by atoms with Crippen molar-refractivity contribution >= 4 is 11.6 Å². The molecule has 1 aliphatic carbocycles. The van der Waals surface area contributed by atoms with Gasteiger partial charge in [0.1, 0.15) is 0 Å². The number of carbonyl (C=O) groups is 1. The Hall–Kier alpha value is -1.38. The number of pyridine rings is 1. The molecule has 1 aromatic rings. The molecule has 86 valence electrons. The molecular formula is C13H19N2O+. The summed E-state index contributed by atoms with van der Waals surface area (Å²) in [6, 6.07) is 3.74. The van der Waals surface area contributed by atoms with E-state index in [2.05, 4.69) is 10.3 Å². The summed E-state index contributed by atoms with van der Waals surface area (Å²) in [6.45, 7) is 0. The van der Waals surface area contributed by atoms with E-state index >= 15 is 0 Å². The van der Waals surface area contributed by atoms with Gasteiger partial charge in [0.25, 0.3) is 0 Å². The third-order valence-corrected chi connectivity index (χ3v) is 3.26. The van der Waals surface area contributed by atoms with Crippen LogP contribution in [0.25, 0.3) is 0 Å². The summed E-state index contributed by atoms with van der Waals surface area (Å²) in [4.78, 5) is 14.6. The van der Waals surface area contributed by atoms with Crippen molar-refractivity contribution in [2.45, 2.75) is 38.5 Å². The first-order valence-electron chi connectivity index (χ1n) is 6.10. The second-order valence-corrected chi connectivity index (χ2v) is 4.53. The number of anilines is 1. The van der Waals surface area contributed by atoms with Gasteiger partial charge in [0.2, 0.25) is 5.91 Å². The van der Waals surface area contributed by atoms with Gasteiger partial charge in [-0.3, -0.25) is 4.79 Å². The van der Waals surface area contributed by atoms with Gasteiger partial charge in [-0.05, 0) is 12.3 Å². The number of carbonyl (C=O) groups excluding carboxylic acids is 1. The predicted octanol–water partition coefficient (Wildman–Crippen LogP) is 2.41. The fourth-order valence-electron chi connectivity index (χ4n) is 2.33. The molecule has 1 amide bonds. The van der Waals surface area contributed by atoms with Crippen molar-refractivity contribution in [3.8, 4) is 0 Å². The molecule has 16 heavy (non-hydrogen) atoms. The SMILES string of the molecule is O=C(CCC1CCCC1)Nc1cc[nH+]cc1. The van der Waals surface area contributed by atoms with Gasteiger partial charge in [-0.15, -0.1) is 0 Å². The van der Waals surface area contributed by atoms with E-state index < -0.39 is 0 Å². The van der Waals surface area contributed by atoms with Gasteiger partial charge in [0.15, 0.2) is 12.4 Å². The lowest BCUT2D eigenvalue weighted by Crippen LogP contribution is -2.13. The molecule has 1 aromatic heterocycles. The lowest BCUT2D eigenvalue weighted by Gasteiger charge is -2.08. The average Bonchev–Trinajstić information content (AvgIpc) is 2.81. The molecule has 0 aromatic carbocycles. The van der Waals surface area contributed by atoms with Gasteiger partial charge in [-0.25, -0.2) is 4.98 Å². The minimum absolute atomic E-state index is 0.137. The van der Waals surface area contributed by atoms with E-state index in [1.54, 1.807) is 0 Å². The van der Waals surface area contributed by atoms with E-state index in [-0.39, 0.29) is 5.91 Å². The van der Waals surface area contributed by atoms with Crippen LogP contribution in [0.2, 0.25) is 0 Å². The third-order valence-electron chi connectivity index (χ3n) is 3.26. The first-order valence-corrected chi connectivity index (χ1v) is 6.10. The zero-order chi connectivity index (χ0) is 11.2. The molecule has 1 heterocycles. The van der Waals surface area contributed by atoms with Crippen LogP contribution in [0, 0.1) is 5.92 Å². The Morgan fingerprint density at radius 1 is 1.31 bits per heavy atom. The van der Waals surface area contributed by atoms with E-state index in [0.717, 1.165) is 18.0 Å². The largest absolute Gasteiger partial charge is 0.326 e. The zero-order valence-electron chi connectivity index (χ0n) is 9.54. The fourth-order valence-corrected chi connectivity index (χ4v) is 2.33. The number of hydrogen-bond donors (Lipinski definition) is 1. The van der Waals surface area contributed by atoms with Gasteiger partial charge >= 0.3 is 0 Å². The Bertz CT molecular complexity index is 331. The van der Waals surface area contributed by atoms with Crippen LogP contribution in [0.4, 0.5) is 5.69 Å². The van der Waals surface area contributed by atoms with E-state index in [0.29, 0.717) is 6.42 Å². The van der Waals surface area contributed by atoms with Crippen LogP contribution in [0.1, 0.15) is 38.5 Å². The van der Waals surface area contributed by atoms with Crippen molar-refractivity contribution in [2.24, 2.45) is 5.92 Å². The van der Waals surface area contributed by atoms with Gasteiger partial charge < -0.3 is 5.32 Å². The fraction of sp³-hybridized carbons (Fsp3) is 0.538. The molecule has 2 N–H and O–H groups in total. The first-order chi connectivity index (χ1) is 7.84. The third kappa shape index (κ3) is 3.33. The Balaban J connectivity index is 1.72. The molecule has 0 saturated heterocycles. The molecule has 0 atom stereocenters. The van der Waals surface area contributed by atoms with Crippen LogP contribution >= 0.6 is 0 Å². The van der Waals surface area contributed by atoms with Crippen molar-refractivity contribution in [3.05, 3.63) is 24.5 Å². The minimum atomic E-state index is 0.137. The summed E-state index contributed by atoms with van der Waals surface area (Å²) >= 11 is 0. The van der Waals surface area contributed by atoms with Crippen LogP contribution in [0.3, 0.4) is 0 Å². The maximum Gasteiger partial charge on any atom is 0.224 e. The zero-order valence-corrected chi connectivity index (χ0v) is 9.54. The van der Waals surface area contributed by atoms with Crippen molar-refractivity contribution in [1.29, 1.82) is 0 Å². The van der Waals surface area contributed by atoms with E-state index in [1.165, 1.54) is 25.7 Å². The number of aromatic amines is 1. The molecule has 1 saturated carbocycles. The van der Waals surface area contributed by atoms with Gasteiger partial charge in [0, 0.05) is 18.6 Å². The first kappa shape index (κ1) is 11.1. The number of rotatable bonds is 4. The van der Waals surface area contributed by atoms with Crippen LogP contribution in [0.5, 0.6) is 0 Å². The van der Waals surface area contributed by atoms with Gasteiger partial charge in [-0.1, -0.05) is 25.7 Å². The second-order valence-electron chi connectivity index (χ2n) is 4.53. The molecule has 0 spiro atoms. The van der Waals surface area contributed by atoms with E-state index in [1.807, 2.05) is 24.5 Å². The number of amides is 1. The summed E-state index contributed by atoms with van der Waals surface area (Å²) < 4.78 is 0. The van der Waals surface area contributed by atoms with Gasteiger partial charge in [-0.2, -0.15) is 0 Å². The molecule has 1 fully saturated rings. The minimum Gasteiger partial charge on any atom is -0.326 e. The number of nitrogens with one attached hydrogen (secondary N) is 2. The molecule has 0 unspecified atom stereocenters. The summed E-state index contributed by atoms with van der Waals surface area (Å²) in [7, 11) is 0. The molecule has 3 heteroatoms. The van der Waals surface area contributed by atoms with Crippen LogP contribution in [-0.4, -0.2) is 5.91 Å². The summed E-state index contributed by atoms with van der Waals surface area (Å²) in [5.41, 5.74) is 0.871. The Kier molecular flexibility index (Phi) is 3.91. The van der Waals surface area contributed by atoms with Crippen LogP contribution in [-0.2, 0) is 4.79 Å². The van der Waals surface area contributed by atoms with Crippen molar-refractivity contribution in [3.63, 3.8) is 0 Å². The van der Waals surface area contributed by atoms with Gasteiger partial charge in [0.05, 0.1) is 5.69 Å². The summed E-state index contributed by atoms with van der Waals surface area (Å²) in [5, 5.41) is 2.91. The number of aromatic nitrogens is 1. The maximum absolute atomic E-state index is 11.6. The highest BCUT2D eigenvalue weighted by Crippen LogP contribution is 2.28. The molecule has 2 rings (SSSR count). The second kappa shape index (κ2) is 5.64. The topological polar surface area (TPSA) is 43.2 Å². The van der Waals surface area contributed by atoms with Crippen molar-refractivity contribution in [2.75, 3.05) is 5.32 Å². The van der Waals surface area contributed by atoms with E-state index in [4.69, 9.17) is 0 Å². The molecule has 1 aliphatic rings. The monoisotopic (exact) mass is 219 g/mol. The van der Waals surface area contributed by atoms with E-state index in [9.17, 15) is 4.79 Å². The maximum atomic E-state index is 11.6. The quantitative estimate of drug-likeness (QED) is 0.830. The number of hydrogen-bond acceptors (Lipinski definition) is 1. The van der Waals surface area contributed by atoms with Crippen molar-refractivity contribution in [1.82, 2.24) is 0 Å². The average molecular weight is 219 g/mol. The lowest BCUT2D eigenvalue weighted by atomic mass is 10.0. The van der Waals surface area contributed by atoms with Crippen molar-refractivity contribution < 1.29 is 9.78 Å². The Morgan fingerprint density at radius 2 is 2.00 bits per heavy atom. The highest BCUT2D eigenvalue weighted by molar-refractivity contribution is 5.90. The summed E-state index contributed by atoms with van der Waals surface area (Å²) in [5.74, 6) is 0.924. The number of H-pyrrole nitrogens is 1.